The molecule has 0 N–H and O–H groups in total. The summed E-state index contributed by atoms with van der Waals surface area (Å²) in [4.78, 5) is 17.6. The van der Waals surface area contributed by atoms with Gasteiger partial charge in [-0.05, 0) is 12.1 Å². The van der Waals surface area contributed by atoms with E-state index in [9.17, 15) is 4.79 Å². The first-order valence-corrected chi connectivity index (χ1v) is 5.85. The van der Waals surface area contributed by atoms with Crippen molar-refractivity contribution in [1.82, 2.24) is 9.88 Å². The fourth-order valence-corrected chi connectivity index (χ4v) is 2.03. The van der Waals surface area contributed by atoms with Gasteiger partial charge in [0.25, 0.3) is 5.91 Å². The number of halogens is 1. The van der Waals surface area contributed by atoms with Gasteiger partial charge in [-0.3, -0.25) is 9.78 Å². The number of alkyl halides is 1. The van der Waals surface area contributed by atoms with Crippen molar-refractivity contribution in [1.29, 1.82) is 0 Å². The number of ether oxygens (including phenoxy) is 1. The Bertz CT molecular complexity index is 332. The molecule has 1 amide bonds. The Kier molecular flexibility index (Phi) is 5.42. The largest absolute Gasteiger partial charge is 0.383 e. The van der Waals surface area contributed by atoms with Crippen LogP contribution in [0.5, 0.6) is 0 Å². The van der Waals surface area contributed by atoms with Gasteiger partial charge < -0.3 is 9.64 Å². The first-order chi connectivity index (χ1) is 7.65. The number of pyridine rings is 1. The molecule has 16 heavy (non-hydrogen) atoms. The third kappa shape index (κ3) is 3.90. The highest BCUT2D eigenvalue weighted by atomic mass is 79.9. The maximum absolute atomic E-state index is 11.9. The third-order valence-corrected chi connectivity index (χ3v) is 2.65. The van der Waals surface area contributed by atoms with Crippen molar-refractivity contribution in [3.63, 3.8) is 0 Å². The highest BCUT2D eigenvalue weighted by molar-refractivity contribution is 9.09. The van der Waals surface area contributed by atoms with Crippen molar-refractivity contribution in [2.24, 2.45) is 0 Å². The molecular formula is C11H15BrN2O2. The summed E-state index contributed by atoms with van der Waals surface area (Å²) in [6, 6.07) is 3.41. The molecule has 1 heterocycles. The molecule has 4 nitrogen and oxygen atoms in total. The van der Waals surface area contributed by atoms with Crippen LogP contribution >= 0.6 is 15.9 Å². The van der Waals surface area contributed by atoms with Gasteiger partial charge in [0.1, 0.15) is 0 Å². The third-order valence-electron chi connectivity index (χ3n) is 2.09. The lowest BCUT2D eigenvalue weighted by atomic mass is 10.2. The molecule has 0 aliphatic heterocycles. The topological polar surface area (TPSA) is 42.4 Å². The Labute approximate surface area is 104 Å². The Morgan fingerprint density at radius 1 is 1.56 bits per heavy atom. The van der Waals surface area contributed by atoms with Gasteiger partial charge in [0, 0.05) is 38.7 Å². The van der Waals surface area contributed by atoms with Crippen molar-refractivity contribution >= 4 is 21.8 Å². The summed E-state index contributed by atoms with van der Waals surface area (Å²) < 4.78 is 5.00. The van der Waals surface area contributed by atoms with Crippen molar-refractivity contribution in [3.8, 4) is 0 Å². The van der Waals surface area contributed by atoms with E-state index in [0.717, 1.165) is 0 Å². The molecule has 1 rings (SSSR count). The van der Waals surface area contributed by atoms with E-state index < -0.39 is 0 Å². The van der Waals surface area contributed by atoms with Crippen LogP contribution in [0.2, 0.25) is 0 Å². The molecule has 0 saturated heterocycles. The van der Waals surface area contributed by atoms with Crippen LogP contribution in [-0.2, 0) is 4.74 Å². The number of rotatable bonds is 5. The van der Waals surface area contributed by atoms with Gasteiger partial charge in [0.15, 0.2) is 0 Å². The molecule has 0 radical (unpaired) electrons. The summed E-state index contributed by atoms with van der Waals surface area (Å²) in [6.07, 6.45) is 3.23. The summed E-state index contributed by atoms with van der Waals surface area (Å²) in [5.41, 5.74) is 0.648. The average molecular weight is 287 g/mol. The molecule has 0 aliphatic rings. The minimum absolute atomic E-state index is 0.0112. The summed E-state index contributed by atoms with van der Waals surface area (Å²) in [7, 11) is 3.41. The fraction of sp³-hybridized carbons (Fsp3) is 0.455. The van der Waals surface area contributed by atoms with Crippen molar-refractivity contribution in [2.75, 3.05) is 27.3 Å². The van der Waals surface area contributed by atoms with Crippen LogP contribution in [0.1, 0.15) is 10.4 Å². The van der Waals surface area contributed by atoms with Gasteiger partial charge in [-0.15, -0.1) is 0 Å². The van der Waals surface area contributed by atoms with E-state index in [1.165, 1.54) is 0 Å². The van der Waals surface area contributed by atoms with Gasteiger partial charge in [-0.2, -0.15) is 0 Å². The van der Waals surface area contributed by atoms with Crippen LogP contribution in [0.4, 0.5) is 0 Å². The molecule has 1 unspecified atom stereocenters. The molecule has 0 spiro atoms. The maximum Gasteiger partial charge on any atom is 0.253 e. The second-order valence-electron chi connectivity index (χ2n) is 3.47. The average Bonchev–Trinajstić information content (AvgIpc) is 2.29. The Balaban J connectivity index is 2.55. The number of carbonyl (C=O) groups excluding carboxylic acids is 1. The van der Waals surface area contributed by atoms with E-state index in [1.54, 1.807) is 43.6 Å². The number of hydrogen-bond donors (Lipinski definition) is 0. The zero-order valence-electron chi connectivity index (χ0n) is 9.39. The number of aromatic nitrogens is 1. The monoisotopic (exact) mass is 286 g/mol. The standard InChI is InChI=1S/C11H15BrN2O2/c1-14(7-10(12)8-16-2)11(15)9-3-5-13-6-4-9/h3-6,10H,7-8H2,1-2H3. The van der Waals surface area contributed by atoms with Crippen LogP contribution in [0.25, 0.3) is 0 Å². The van der Waals surface area contributed by atoms with E-state index in [1.807, 2.05) is 0 Å². The normalized spacial score (nSPS) is 12.2. The Morgan fingerprint density at radius 3 is 2.75 bits per heavy atom. The van der Waals surface area contributed by atoms with Crippen molar-refractivity contribution in [3.05, 3.63) is 30.1 Å². The zero-order chi connectivity index (χ0) is 12.0. The van der Waals surface area contributed by atoms with Gasteiger partial charge in [0.2, 0.25) is 0 Å². The van der Waals surface area contributed by atoms with E-state index in [4.69, 9.17) is 4.74 Å². The van der Waals surface area contributed by atoms with E-state index in [-0.39, 0.29) is 10.7 Å². The number of methoxy groups -OCH3 is 1. The summed E-state index contributed by atoms with van der Waals surface area (Å²) >= 11 is 3.45. The Morgan fingerprint density at radius 2 is 2.19 bits per heavy atom. The lowest BCUT2D eigenvalue weighted by Crippen LogP contribution is -2.33. The van der Waals surface area contributed by atoms with E-state index >= 15 is 0 Å². The van der Waals surface area contributed by atoms with Crippen molar-refractivity contribution in [2.45, 2.75) is 4.83 Å². The predicted molar refractivity (Wildman–Crippen MR) is 65.8 cm³/mol. The van der Waals surface area contributed by atoms with Crippen LogP contribution in [0.3, 0.4) is 0 Å². The lowest BCUT2D eigenvalue weighted by molar-refractivity contribution is 0.0784. The maximum atomic E-state index is 11.9. The number of nitrogens with zero attached hydrogens (tertiary/aromatic N) is 2. The van der Waals surface area contributed by atoms with Crippen LogP contribution < -0.4 is 0 Å². The molecule has 0 aromatic carbocycles. The predicted octanol–water partition coefficient (Wildman–Crippen LogP) is 1.56. The van der Waals surface area contributed by atoms with Crippen LogP contribution in [0.15, 0.2) is 24.5 Å². The lowest BCUT2D eigenvalue weighted by Gasteiger charge is -2.20. The number of amides is 1. The molecule has 5 heteroatoms. The van der Waals surface area contributed by atoms with Gasteiger partial charge >= 0.3 is 0 Å². The first-order valence-electron chi connectivity index (χ1n) is 4.93. The molecule has 1 aromatic heterocycles. The van der Waals surface area contributed by atoms with E-state index in [0.29, 0.717) is 18.7 Å². The van der Waals surface area contributed by atoms with Gasteiger partial charge in [-0.1, -0.05) is 15.9 Å². The second kappa shape index (κ2) is 6.60. The molecule has 0 bridgehead atoms. The molecule has 0 saturated carbocycles. The molecule has 1 atom stereocenters. The minimum Gasteiger partial charge on any atom is -0.383 e. The van der Waals surface area contributed by atoms with Gasteiger partial charge in [-0.25, -0.2) is 0 Å². The zero-order valence-corrected chi connectivity index (χ0v) is 11.0. The van der Waals surface area contributed by atoms with Crippen LogP contribution in [0, 0.1) is 0 Å². The molecular weight excluding hydrogens is 272 g/mol. The smallest absolute Gasteiger partial charge is 0.253 e. The van der Waals surface area contributed by atoms with Crippen molar-refractivity contribution < 1.29 is 9.53 Å². The summed E-state index contributed by atoms with van der Waals surface area (Å²) in [6.45, 7) is 1.18. The molecule has 0 fully saturated rings. The molecule has 0 aliphatic carbocycles. The highest BCUT2D eigenvalue weighted by Crippen LogP contribution is 2.06. The van der Waals surface area contributed by atoms with Gasteiger partial charge in [0.05, 0.1) is 11.4 Å². The summed E-state index contributed by atoms with van der Waals surface area (Å²) in [5, 5.41) is 0. The van der Waals surface area contributed by atoms with Crippen LogP contribution in [-0.4, -0.2) is 47.9 Å². The fourth-order valence-electron chi connectivity index (χ4n) is 1.33. The highest BCUT2D eigenvalue weighted by Gasteiger charge is 2.14. The number of carbonyl (C=O) groups is 1. The first kappa shape index (κ1) is 13.1. The quantitative estimate of drug-likeness (QED) is 0.772. The molecule has 1 aromatic rings. The minimum atomic E-state index is -0.0112. The number of hydrogen-bond acceptors (Lipinski definition) is 3. The Hall–Kier alpha value is -0.940. The SMILES string of the molecule is COCC(Br)CN(C)C(=O)c1ccncc1. The van der Waals surface area contributed by atoms with E-state index in [2.05, 4.69) is 20.9 Å². The molecule has 88 valence electrons. The summed E-state index contributed by atoms with van der Waals surface area (Å²) in [5.74, 6) is -0.0112. The second-order valence-corrected chi connectivity index (χ2v) is 4.77.